The van der Waals surface area contributed by atoms with Gasteiger partial charge in [-0.15, -0.1) is 0 Å². The van der Waals surface area contributed by atoms with Gasteiger partial charge in [-0.1, -0.05) is 6.92 Å². The first-order valence-corrected chi connectivity index (χ1v) is 5.79. The predicted octanol–water partition coefficient (Wildman–Crippen LogP) is 2.23. The number of hydrogen-bond acceptors (Lipinski definition) is 3. The predicted molar refractivity (Wildman–Crippen MR) is 62.2 cm³/mol. The normalized spacial score (nSPS) is 10.4. The Balaban J connectivity index is 2.25. The van der Waals surface area contributed by atoms with Gasteiger partial charge in [-0.25, -0.2) is 4.98 Å². The molecule has 0 aliphatic rings. The third-order valence-corrected chi connectivity index (χ3v) is 2.59. The second kappa shape index (κ2) is 6.30. The first kappa shape index (κ1) is 12.7. The molecule has 0 atom stereocenters. The molecule has 1 heterocycles. The van der Waals surface area contributed by atoms with Crippen LogP contribution in [0.4, 0.5) is 0 Å². The van der Waals surface area contributed by atoms with E-state index in [1.54, 1.807) is 0 Å². The molecule has 0 aliphatic carbocycles. The molecule has 4 heteroatoms. The van der Waals surface area contributed by atoms with Crippen LogP contribution < -0.4 is 0 Å². The lowest BCUT2D eigenvalue weighted by Gasteiger charge is -2.05. The van der Waals surface area contributed by atoms with E-state index in [0.29, 0.717) is 13.0 Å². The summed E-state index contributed by atoms with van der Waals surface area (Å²) in [5, 5.41) is 0. The van der Waals surface area contributed by atoms with Crippen LogP contribution in [0.25, 0.3) is 0 Å². The topological polar surface area (TPSA) is 44.1 Å². The van der Waals surface area contributed by atoms with Gasteiger partial charge in [0, 0.05) is 18.7 Å². The van der Waals surface area contributed by atoms with Crippen LogP contribution in [0.5, 0.6) is 0 Å². The molecule has 0 amide bonds. The number of rotatable bonds is 6. The molecular weight excluding hydrogens is 204 g/mol. The molecule has 0 aromatic carbocycles. The lowest BCUT2D eigenvalue weighted by Crippen LogP contribution is -2.07. The summed E-state index contributed by atoms with van der Waals surface area (Å²) in [6.45, 7) is 7.37. The fourth-order valence-electron chi connectivity index (χ4n) is 1.45. The zero-order valence-corrected chi connectivity index (χ0v) is 10.3. The van der Waals surface area contributed by atoms with Crippen molar-refractivity contribution in [3.8, 4) is 0 Å². The molecule has 16 heavy (non-hydrogen) atoms. The number of ether oxygens (including phenoxy) is 1. The number of hydrogen-bond donors (Lipinski definition) is 0. The molecule has 1 aromatic rings. The average Bonchev–Trinajstić information content (AvgIpc) is 2.58. The second-order valence-corrected chi connectivity index (χ2v) is 3.93. The molecule has 0 N–H and O–H groups in total. The van der Waals surface area contributed by atoms with Crippen LogP contribution in [0.15, 0.2) is 6.33 Å². The molecule has 0 bridgehead atoms. The van der Waals surface area contributed by atoms with Gasteiger partial charge in [-0.2, -0.15) is 0 Å². The molecule has 4 nitrogen and oxygen atoms in total. The maximum absolute atomic E-state index is 11.2. The molecule has 0 fully saturated rings. The average molecular weight is 224 g/mol. The SMILES string of the molecule is CCCOC(=O)CCCn1cnc(C)c1C. The molecular formula is C12H20N2O2. The molecule has 90 valence electrons. The van der Waals surface area contributed by atoms with Crippen molar-refractivity contribution in [1.82, 2.24) is 9.55 Å². The number of nitrogens with zero attached hydrogens (tertiary/aromatic N) is 2. The summed E-state index contributed by atoms with van der Waals surface area (Å²) in [5.41, 5.74) is 2.22. The van der Waals surface area contributed by atoms with Crippen molar-refractivity contribution in [3.05, 3.63) is 17.7 Å². The van der Waals surface area contributed by atoms with E-state index >= 15 is 0 Å². The summed E-state index contributed by atoms with van der Waals surface area (Å²) in [6, 6.07) is 0. The van der Waals surface area contributed by atoms with Crippen LogP contribution in [0.1, 0.15) is 37.6 Å². The van der Waals surface area contributed by atoms with Gasteiger partial charge in [-0.05, 0) is 26.7 Å². The van der Waals surface area contributed by atoms with Crippen molar-refractivity contribution < 1.29 is 9.53 Å². The Morgan fingerprint density at radius 2 is 2.25 bits per heavy atom. The fourth-order valence-corrected chi connectivity index (χ4v) is 1.45. The molecule has 0 radical (unpaired) electrons. The largest absolute Gasteiger partial charge is 0.466 e. The van der Waals surface area contributed by atoms with E-state index in [1.807, 2.05) is 27.1 Å². The lowest BCUT2D eigenvalue weighted by molar-refractivity contribution is -0.143. The van der Waals surface area contributed by atoms with E-state index in [4.69, 9.17) is 4.74 Å². The highest BCUT2D eigenvalue weighted by atomic mass is 16.5. The first-order chi connectivity index (χ1) is 7.65. The number of carbonyl (C=O) groups excluding carboxylic acids is 1. The van der Waals surface area contributed by atoms with Crippen molar-refractivity contribution in [1.29, 1.82) is 0 Å². The second-order valence-electron chi connectivity index (χ2n) is 3.93. The molecule has 0 spiro atoms. The van der Waals surface area contributed by atoms with E-state index < -0.39 is 0 Å². The first-order valence-electron chi connectivity index (χ1n) is 5.79. The summed E-state index contributed by atoms with van der Waals surface area (Å²) >= 11 is 0. The van der Waals surface area contributed by atoms with Crippen LogP contribution >= 0.6 is 0 Å². The number of esters is 1. The summed E-state index contributed by atoms with van der Waals surface area (Å²) in [5.74, 6) is -0.101. The molecule has 1 aromatic heterocycles. The summed E-state index contributed by atoms with van der Waals surface area (Å²) < 4.78 is 7.07. The smallest absolute Gasteiger partial charge is 0.305 e. The van der Waals surface area contributed by atoms with Gasteiger partial charge in [0.2, 0.25) is 0 Å². The molecule has 0 aliphatic heterocycles. The van der Waals surface area contributed by atoms with E-state index in [9.17, 15) is 4.79 Å². The van der Waals surface area contributed by atoms with Crippen LogP contribution in [-0.2, 0) is 16.1 Å². The highest BCUT2D eigenvalue weighted by Gasteiger charge is 2.04. The number of aryl methyl sites for hydroxylation is 2. The van der Waals surface area contributed by atoms with Crippen molar-refractivity contribution in [2.45, 2.75) is 46.6 Å². The van der Waals surface area contributed by atoms with Crippen LogP contribution in [0, 0.1) is 13.8 Å². The minimum Gasteiger partial charge on any atom is -0.466 e. The Morgan fingerprint density at radius 1 is 1.50 bits per heavy atom. The van der Waals surface area contributed by atoms with Crippen molar-refractivity contribution in [2.24, 2.45) is 0 Å². The van der Waals surface area contributed by atoms with Crippen LogP contribution in [-0.4, -0.2) is 22.1 Å². The quantitative estimate of drug-likeness (QED) is 0.696. The van der Waals surface area contributed by atoms with E-state index in [1.165, 1.54) is 5.69 Å². The number of carbonyl (C=O) groups is 1. The minimum absolute atomic E-state index is 0.101. The van der Waals surface area contributed by atoms with Gasteiger partial charge < -0.3 is 9.30 Å². The summed E-state index contributed by atoms with van der Waals surface area (Å²) in [7, 11) is 0. The Labute approximate surface area is 96.6 Å². The fraction of sp³-hybridized carbons (Fsp3) is 0.667. The summed E-state index contributed by atoms with van der Waals surface area (Å²) in [4.78, 5) is 15.4. The van der Waals surface area contributed by atoms with Crippen LogP contribution in [0.3, 0.4) is 0 Å². The molecule has 0 saturated carbocycles. The van der Waals surface area contributed by atoms with Gasteiger partial charge in [-0.3, -0.25) is 4.79 Å². The van der Waals surface area contributed by atoms with E-state index in [2.05, 4.69) is 9.55 Å². The number of imidazole rings is 1. The zero-order chi connectivity index (χ0) is 12.0. The molecule has 1 rings (SSSR count). The Bertz CT molecular complexity index is 345. The van der Waals surface area contributed by atoms with Crippen molar-refractivity contribution in [2.75, 3.05) is 6.61 Å². The van der Waals surface area contributed by atoms with Gasteiger partial charge >= 0.3 is 5.97 Å². The summed E-state index contributed by atoms with van der Waals surface area (Å²) in [6.07, 6.45) is 3.99. The Hall–Kier alpha value is -1.32. The van der Waals surface area contributed by atoms with Gasteiger partial charge in [0.25, 0.3) is 0 Å². The third-order valence-electron chi connectivity index (χ3n) is 2.59. The van der Waals surface area contributed by atoms with Gasteiger partial charge in [0.1, 0.15) is 0 Å². The number of aromatic nitrogens is 2. The van der Waals surface area contributed by atoms with Crippen molar-refractivity contribution >= 4 is 5.97 Å². The highest BCUT2D eigenvalue weighted by molar-refractivity contribution is 5.69. The standard InChI is InChI=1S/C12H20N2O2/c1-4-8-16-12(15)6-5-7-14-9-13-10(2)11(14)3/h9H,4-8H2,1-3H3. The third kappa shape index (κ3) is 3.68. The Morgan fingerprint density at radius 3 is 2.81 bits per heavy atom. The Kier molecular flexibility index (Phi) is 5.02. The lowest BCUT2D eigenvalue weighted by atomic mass is 10.3. The monoisotopic (exact) mass is 224 g/mol. The zero-order valence-electron chi connectivity index (χ0n) is 10.3. The highest BCUT2D eigenvalue weighted by Crippen LogP contribution is 2.06. The van der Waals surface area contributed by atoms with Crippen molar-refractivity contribution in [3.63, 3.8) is 0 Å². The van der Waals surface area contributed by atoms with E-state index in [-0.39, 0.29) is 5.97 Å². The van der Waals surface area contributed by atoms with Gasteiger partial charge in [0.05, 0.1) is 18.6 Å². The molecule has 0 saturated heterocycles. The van der Waals surface area contributed by atoms with Crippen LogP contribution in [0.2, 0.25) is 0 Å². The van der Waals surface area contributed by atoms with Gasteiger partial charge in [0.15, 0.2) is 0 Å². The van der Waals surface area contributed by atoms with E-state index in [0.717, 1.165) is 25.1 Å². The minimum atomic E-state index is -0.101. The maximum atomic E-state index is 11.2. The molecule has 0 unspecified atom stereocenters. The maximum Gasteiger partial charge on any atom is 0.305 e.